The largest absolute Gasteiger partial charge is 0.504 e. The molecule has 11 heteroatoms. The second kappa shape index (κ2) is 6.99. The van der Waals surface area contributed by atoms with E-state index < -0.39 is 29.5 Å². The highest BCUT2D eigenvalue weighted by molar-refractivity contribution is 9.10. The van der Waals surface area contributed by atoms with Crippen molar-refractivity contribution in [1.29, 1.82) is 0 Å². The van der Waals surface area contributed by atoms with E-state index in [-0.39, 0.29) is 27.0 Å². The van der Waals surface area contributed by atoms with Crippen LogP contribution in [0.1, 0.15) is 0 Å². The molecule has 0 saturated heterocycles. The van der Waals surface area contributed by atoms with Crippen molar-refractivity contribution in [3.05, 3.63) is 46.9 Å². The number of carbonyl (C=O) groups excluding carboxylic acids is 1. The molecule has 3 aromatic rings. The number of phenolic OH excluding ortho intramolecular Hbond substituents is 1. The number of hydrogen-bond acceptors (Lipinski definition) is 6. The molecule has 1 aromatic heterocycles. The van der Waals surface area contributed by atoms with E-state index in [4.69, 9.17) is 4.74 Å². The standard InChI is InChI=1S/C16H7BrF4N2O4/c17-8-2-1-3-11(13(8)18)26-14-7-4-10(24)12(5-9(7)22-6-23-14)27-15(25)16(19,20)21/h1-6,24H. The fourth-order valence-corrected chi connectivity index (χ4v) is 2.38. The summed E-state index contributed by atoms with van der Waals surface area (Å²) in [6.07, 6.45) is -4.22. The van der Waals surface area contributed by atoms with Crippen LogP contribution in [0.4, 0.5) is 17.6 Å². The van der Waals surface area contributed by atoms with Gasteiger partial charge in [0.05, 0.1) is 15.4 Å². The van der Waals surface area contributed by atoms with Crippen LogP contribution in [0.2, 0.25) is 0 Å². The summed E-state index contributed by atoms with van der Waals surface area (Å²) in [4.78, 5) is 18.6. The van der Waals surface area contributed by atoms with Gasteiger partial charge in [0.25, 0.3) is 0 Å². The molecule has 0 unspecified atom stereocenters. The molecule has 6 nitrogen and oxygen atoms in total. The van der Waals surface area contributed by atoms with Crippen LogP contribution in [-0.2, 0) is 4.79 Å². The quantitative estimate of drug-likeness (QED) is 0.362. The summed E-state index contributed by atoms with van der Waals surface area (Å²) in [6.45, 7) is 0. The van der Waals surface area contributed by atoms with Crippen LogP contribution in [0.5, 0.6) is 23.1 Å². The maximum Gasteiger partial charge on any atom is 0.491 e. The van der Waals surface area contributed by atoms with Gasteiger partial charge in [-0.3, -0.25) is 0 Å². The highest BCUT2D eigenvalue weighted by atomic mass is 79.9. The Bertz CT molecular complexity index is 1040. The highest BCUT2D eigenvalue weighted by Gasteiger charge is 2.41. The van der Waals surface area contributed by atoms with Crippen molar-refractivity contribution >= 4 is 32.8 Å². The molecule has 0 saturated carbocycles. The number of ether oxygens (including phenoxy) is 2. The first-order valence-electron chi connectivity index (χ1n) is 7.05. The van der Waals surface area contributed by atoms with E-state index in [1.165, 1.54) is 18.2 Å². The molecule has 0 aliphatic heterocycles. The Morgan fingerprint density at radius 3 is 2.59 bits per heavy atom. The third kappa shape index (κ3) is 3.92. The second-order valence-electron chi connectivity index (χ2n) is 5.06. The summed E-state index contributed by atoms with van der Waals surface area (Å²) in [5, 5.41) is 9.93. The van der Waals surface area contributed by atoms with E-state index in [2.05, 4.69) is 30.6 Å². The molecule has 0 spiro atoms. The summed E-state index contributed by atoms with van der Waals surface area (Å²) in [5.74, 6) is -5.09. The van der Waals surface area contributed by atoms with Gasteiger partial charge in [-0.05, 0) is 34.1 Å². The van der Waals surface area contributed by atoms with Crippen molar-refractivity contribution in [2.75, 3.05) is 0 Å². The second-order valence-corrected chi connectivity index (χ2v) is 5.91. The number of aromatic nitrogens is 2. The van der Waals surface area contributed by atoms with Crippen molar-refractivity contribution in [1.82, 2.24) is 9.97 Å². The molecule has 0 aliphatic rings. The van der Waals surface area contributed by atoms with Gasteiger partial charge in [-0.1, -0.05) is 6.07 Å². The number of carbonyl (C=O) groups is 1. The van der Waals surface area contributed by atoms with Crippen molar-refractivity contribution in [2.45, 2.75) is 6.18 Å². The normalized spacial score (nSPS) is 11.4. The zero-order valence-corrected chi connectivity index (χ0v) is 14.5. The van der Waals surface area contributed by atoms with Crippen LogP contribution in [0, 0.1) is 5.82 Å². The smallest absolute Gasteiger partial charge is 0.491 e. The Morgan fingerprint density at radius 1 is 1.15 bits per heavy atom. The molecular formula is C16H7BrF4N2O4. The summed E-state index contributed by atoms with van der Waals surface area (Å²) < 4.78 is 60.7. The predicted octanol–water partition coefficient (Wildman–Crippen LogP) is 4.50. The SMILES string of the molecule is O=C(Oc1cc2ncnc(Oc3cccc(Br)c3F)c2cc1O)C(F)(F)F. The Balaban J connectivity index is 2.01. The van der Waals surface area contributed by atoms with Crippen molar-refractivity contribution in [2.24, 2.45) is 0 Å². The Kier molecular flexibility index (Phi) is 4.87. The van der Waals surface area contributed by atoms with Crippen molar-refractivity contribution in [3.8, 4) is 23.1 Å². The number of aromatic hydroxyl groups is 1. The summed E-state index contributed by atoms with van der Waals surface area (Å²) in [5.41, 5.74) is -0.00169. The average Bonchev–Trinajstić information content (AvgIpc) is 2.59. The third-order valence-corrected chi connectivity index (χ3v) is 3.85. The van der Waals surface area contributed by atoms with E-state index in [1.807, 2.05) is 0 Å². The maximum atomic E-state index is 14.1. The Labute approximate surface area is 156 Å². The molecule has 1 heterocycles. The van der Waals surface area contributed by atoms with Gasteiger partial charge in [-0.2, -0.15) is 13.2 Å². The number of phenols is 1. The first-order chi connectivity index (χ1) is 12.7. The Morgan fingerprint density at radius 2 is 1.89 bits per heavy atom. The van der Waals surface area contributed by atoms with Crippen LogP contribution in [-0.4, -0.2) is 27.2 Å². The number of rotatable bonds is 3. The number of benzene rings is 2. The summed E-state index contributed by atoms with van der Waals surface area (Å²) in [6, 6.07) is 6.14. The van der Waals surface area contributed by atoms with E-state index in [0.717, 1.165) is 18.5 Å². The van der Waals surface area contributed by atoms with Crippen LogP contribution in [0.3, 0.4) is 0 Å². The van der Waals surface area contributed by atoms with Crippen molar-refractivity contribution < 1.29 is 36.9 Å². The molecular weight excluding hydrogens is 440 g/mol. The molecule has 0 atom stereocenters. The maximum absolute atomic E-state index is 14.1. The lowest BCUT2D eigenvalue weighted by molar-refractivity contribution is -0.189. The molecule has 0 aliphatic carbocycles. The van der Waals surface area contributed by atoms with Gasteiger partial charge >= 0.3 is 12.1 Å². The molecule has 27 heavy (non-hydrogen) atoms. The number of halogens is 5. The van der Waals surface area contributed by atoms with Gasteiger partial charge in [0.2, 0.25) is 5.88 Å². The van der Waals surface area contributed by atoms with Crippen molar-refractivity contribution in [3.63, 3.8) is 0 Å². The third-order valence-electron chi connectivity index (χ3n) is 3.24. The topological polar surface area (TPSA) is 81.5 Å². The zero-order chi connectivity index (χ0) is 19.8. The minimum atomic E-state index is -5.24. The fraction of sp³-hybridized carbons (Fsp3) is 0.0625. The first-order valence-corrected chi connectivity index (χ1v) is 7.84. The molecule has 0 radical (unpaired) electrons. The first kappa shape index (κ1) is 18.8. The van der Waals surface area contributed by atoms with Crippen LogP contribution in [0.15, 0.2) is 41.1 Å². The summed E-state index contributed by atoms with van der Waals surface area (Å²) >= 11 is 3.00. The van der Waals surface area contributed by atoms with Crippen LogP contribution < -0.4 is 9.47 Å². The number of alkyl halides is 3. The van der Waals surface area contributed by atoms with Gasteiger partial charge in [-0.15, -0.1) is 0 Å². The van der Waals surface area contributed by atoms with Gasteiger partial charge in [0.15, 0.2) is 23.1 Å². The zero-order valence-electron chi connectivity index (χ0n) is 12.9. The van der Waals surface area contributed by atoms with E-state index in [1.54, 1.807) is 0 Å². The number of hydrogen-bond donors (Lipinski definition) is 1. The molecule has 1 N–H and O–H groups in total. The molecule has 0 amide bonds. The number of esters is 1. The molecule has 0 fully saturated rings. The van der Waals surface area contributed by atoms with E-state index in [9.17, 15) is 27.5 Å². The van der Waals surface area contributed by atoms with Gasteiger partial charge < -0.3 is 14.6 Å². The Hall–Kier alpha value is -2.95. The lowest BCUT2D eigenvalue weighted by Gasteiger charge is -2.11. The molecule has 3 rings (SSSR count). The van der Waals surface area contributed by atoms with Crippen LogP contribution >= 0.6 is 15.9 Å². The van der Waals surface area contributed by atoms with Gasteiger partial charge in [0, 0.05) is 6.07 Å². The van der Waals surface area contributed by atoms with E-state index >= 15 is 0 Å². The molecule has 2 aromatic carbocycles. The minimum Gasteiger partial charge on any atom is -0.504 e. The summed E-state index contributed by atoms with van der Waals surface area (Å²) in [7, 11) is 0. The van der Waals surface area contributed by atoms with Gasteiger partial charge in [-0.25, -0.2) is 19.2 Å². The average molecular weight is 447 g/mol. The predicted molar refractivity (Wildman–Crippen MR) is 87.1 cm³/mol. The molecule has 0 bridgehead atoms. The van der Waals surface area contributed by atoms with Gasteiger partial charge in [0.1, 0.15) is 6.33 Å². The molecule has 140 valence electrons. The number of nitrogens with zero attached hydrogens (tertiary/aromatic N) is 2. The van der Waals surface area contributed by atoms with E-state index in [0.29, 0.717) is 0 Å². The monoisotopic (exact) mass is 446 g/mol. The number of fused-ring (bicyclic) bond motifs is 1. The van der Waals surface area contributed by atoms with Crippen LogP contribution in [0.25, 0.3) is 10.9 Å². The fourth-order valence-electron chi connectivity index (χ4n) is 2.04. The lowest BCUT2D eigenvalue weighted by atomic mass is 10.2. The minimum absolute atomic E-state index is 0.00169. The highest BCUT2D eigenvalue weighted by Crippen LogP contribution is 2.37. The lowest BCUT2D eigenvalue weighted by Crippen LogP contribution is -2.28.